The topological polar surface area (TPSA) is 82.8 Å². The molecule has 0 aliphatic heterocycles. The number of methoxy groups -OCH3 is 3. The predicted octanol–water partition coefficient (Wildman–Crippen LogP) is 4.56. The fraction of sp³-hybridized carbons (Fsp3) is 0.348. The molecule has 0 radical (unpaired) electrons. The normalized spacial score (nSPS) is 17.9. The third kappa shape index (κ3) is 3.60. The Morgan fingerprint density at radius 3 is 2.56 bits per heavy atom. The largest absolute Gasteiger partial charge is 0.497 e. The van der Waals surface area contributed by atoms with Crippen LogP contribution in [-0.2, 0) is 6.54 Å². The van der Waals surface area contributed by atoms with Gasteiger partial charge in [0.2, 0.25) is 5.95 Å². The average molecular weight is 498 g/mol. The first kappa shape index (κ1) is 20.8. The Hall–Kier alpha value is -3.07. The Kier molecular flexibility index (Phi) is 5.50. The molecule has 0 bridgehead atoms. The van der Waals surface area contributed by atoms with Crippen molar-refractivity contribution in [2.75, 3.05) is 26.6 Å². The van der Waals surface area contributed by atoms with Crippen molar-refractivity contribution in [1.29, 1.82) is 0 Å². The van der Waals surface area contributed by atoms with E-state index in [1.807, 2.05) is 36.4 Å². The van der Waals surface area contributed by atoms with Crippen molar-refractivity contribution in [1.82, 2.24) is 19.6 Å². The number of nitrogens with one attached hydrogen (secondary N) is 1. The summed E-state index contributed by atoms with van der Waals surface area (Å²) >= 11 is 3.66. The molecule has 1 N–H and O–H groups in total. The van der Waals surface area contributed by atoms with E-state index in [1.165, 1.54) is 0 Å². The summed E-state index contributed by atoms with van der Waals surface area (Å²) < 4.78 is 18.2. The van der Waals surface area contributed by atoms with Crippen LogP contribution in [0.5, 0.6) is 17.2 Å². The molecule has 0 atom stereocenters. The molecule has 0 spiro atoms. The van der Waals surface area contributed by atoms with Crippen molar-refractivity contribution in [2.24, 2.45) is 0 Å². The van der Waals surface area contributed by atoms with Gasteiger partial charge in [-0.2, -0.15) is 4.52 Å². The molecule has 1 aliphatic carbocycles. The summed E-state index contributed by atoms with van der Waals surface area (Å²) in [6.07, 6.45) is 2.08. The van der Waals surface area contributed by atoms with Gasteiger partial charge in [-0.1, -0.05) is 22.0 Å². The van der Waals surface area contributed by atoms with Crippen LogP contribution >= 0.6 is 15.9 Å². The van der Waals surface area contributed by atoms with Crippen molar-refractivity contribution >= 4 is 38.4 Å². The number of nitrogens with zero attached hydrogens (tertiary/aromatic N) is 4. The van der Waals surface area contributed by atoms with E-state index in [-0.39, 0.29) is 0 Å². The third-order valence-corrected chi connectivity index (χ3v) is 6.63. The monoisotopic (exact) mass is 497 g/mol. The molecule has 4 aromatic rings. The van der Waals surface area contributed by atoms with Crippen molar-refractivity contribution in [2.45, 2.75) is 30.1 Å². The van der Waals surface area contributed by atoms with Gasteiger partial charge in [-0.3, -0.25) is 0 Å². The predicted molar refractivity (Wildman–Crippen MR) is 126 cm³/mol. The number of para-hydroxylation sites is 1. The lowest BCUT2D eigenvalue weighted by Crippen LogP contribution is -2.22. The first-order valence-electron chi connectivity index (χ1n) is 10.4. The molecule has 0 unspecified atom stereocenters. The SMILES string of the molecule is COc1ccc(CNc2nc3c(OC)cccc3c3nc(C4CC(Br)C4)nn23)c(OC)c1. The van der Waals surface area contributed by atoms with E-state index in [4.69, 9.17) is 29.3 Å². The van der Waals surface area contributed by atoms with Gasteiger partial charge >= 0.3 is 0 Å². The molecule has 32 heavy (non-hydrogen) atoms. The van der Waals surface area contributed by atoms with Gasteiger partial charge in [0.1, 0.15) is 22.8 Å². The average Bonchev–Trinajstić information content (AvgIpc) is 3.25. The van der Waals surface area contributed by atoms with Crippen LogP contribution in [0.2, 0.25) is 0 Å². The fourth-order valence-corrected chi connectivity index (χ4v) is 4.91. The minimum Gasteiger partial charge on any atom is -0.497 e. The van der Waals surface area contributed by atoms with Crippen LogP contribution in [-0.4, -0.2) is 45.7 Å². The molecular weight excluding hydrogens is 474 g/mol. The van der Waals surface area contributed by atoms with E-state index in [2.05, 4.69) is 21.2 Å². The number of fused-ring (bicyclic) bond motifs is 3. The third-order valence-electron chi connectivity index (χ3n) is 5.88. The number of ether oxygens (including phenoxy) is 3. The van der Waals surface area contributed by atoms with Crippen molar-refractivity contribution < 1.29 is 14.2 Å². The van der Waals surface area contributed by atoms with Crippen LogP contribution in [0.4, 0.5) is 5.95 Å². The molecule has 0 saturated heterocycles. The maximum Gasteiger partial charge on any atom is 0.226 e. The van der Waals surface area contributed by atoms with Crippen LogP contribution in [0, 0.1) is 0 Å². The Balaban J connectivity index is 1.58. The minimum absolute atomic E-state index is 0.356. The van der Waals surface area contributed by atoms with Gasteiger partial charge in [-0.25, -0.2) is 9.97 Å². The van der Waals surface area contributed by atoms with Gasteiger partial charge in [-0.15, -0.1) is 5.10 Å². The van der Waals surface area contributed by atoms with Gasteiger partial charge in [0.25, 0.3) is 0 Å². The van der Waals surface area contributed by atoms with E-state index in [1.54, 1.807) is 25.8 Å². The summed E-state index contributed by atoms with van der Waals surface area (Å²) in [7, 11) is 4.93. The van der Waals surface area contributed by atoms with E-state index < -0.39 is 0 Å². The van der Waals surface area contributed by atoms with Gasteiger partial charge in [0.05, 0.1) is 21.3 Å². The summed E-state index contributed by atoms with van der Waals surface area (Å²) in [5, 5.41) is 9.15. The van der Waals surface area contributed by atoms with Crippen molar-refractivity contribution in [3.8, 4) is 17.2 Å². The second-order valence-corrected chi connectivity index (χ2v) is 9.09. The maximum atomic E-state index is 5.57. The van der Waals surface area contributed by atoms with Crippen LogP contribution in [0.3, 0.4) is 0 Å². The highest BCUT2D eigenvalue weighted by Crippen LogP contribution is 2.40. The Bertz CT molecular complexity index is 1290. The zero-order valence-corrected chi connectivity index (χ0v) is 19.7. The molecule has 8 nitrogen and oxygen atoms in total. The smallest absolute Gasteiger partial charge is 0.226 e. The summed E-state index contributed by atoms with van der Waals surface area (Å²) in [5.41, 5.74) is 2.49. The molecule has 2 heterocycles. The summed E-state index contributed by atoms with van der Waals surface area (Å²) in [4.78, 5) is 10.3. The summed E-state index contributed by atoms with van der Waals surface area (Å²) in [6.45, 7) is 0.498. The molecule has 0 amide bonds. The Labute approximate surface area is 194 Å². The van der Waals surface area contributed by atoms with E-state index in [0.29, 0.717) is 29.0 Å². The summed E-state index contributed by atoms with van der Waals surface area (Å²) in [6, 6.07) is 11.6. The molecule has 5 rings (SSSR count). The molecule has 1 saturated carbocycles. The number of anilines is 1. The van der Waals surface area contributed by atoms with Crippen LogP contribution < -0.4 is 19.5 Å². The van der Waals surface area contributed by atoms with Gasteiger partial charge in [0.15, 0.2) is 11.5 Å². The van der Waals surface area contributed by atoms with Gasteiger partial charge in [0, 0.05) is 34.3 Å². The van der Waals surface area contributed by atoms with E-state index >= 15 is 0 Å². The minimum atomic E-state index is 0.356. The second kappa shape index (κ2) is 8.46. The highest BCUT2D eigenvalue weighted by atomic mass is 79.9. The lowest BCUT2D eigenvalue weighted by atomic mass is 9.85. The molecular formula is C23H24BrN5O3. The Morgan fingerprint density at radius 2 is 1.84 bits per heavy atom. The van der Waals surface area contributed by atoms with Crippen LogP contribution in [0.1, 0.15) is 30.1 Å². The fourth-order valence-electron chi connectivity index (χ4n) is 4.00. The van der Waals surface area contributed by atoms with Gasteiger partial charge < -0.3 is 19.5 Å². The number of hydrogen-bond donors (Lipinski definition) is 1. The zero-order valence-electron chi connectivity index (χ0n) is 18.1. The number of halogens is 1. The number of benzene rings is 2. The molecule has 9 heteroatoms. The molecule has 2 aromatic carbocycles. The lowest BCUT2D eigenvalue weighted by molar-refractivity contribution is 0.391. The highest BCUT2D eigenvalue weighted by Gasteiger charge is 2.32. The van der Waals surface area contributed by atoms with Crippen molar-refractivity contribution in [3.63, 3.8) is 0 Å². The van der Waals surface area contributed by atoms with Crippen LogP contribution in [0.15, 0.2) is 36.4 Å². The number of alkyl halides is 1. The molecule has 166 valence electrons. The highest BCUT2D eigenvalue weighted by molar-refractivity contribution is 9.09. The lowest BCUT2D eigenvalue weighted by Gasteiger charge is -2.28. The second-order valence-electron chi connectivity index (χ2n) is 7.79. The quantitative estimate of drug-likeness (QED) is 0.374. The van der Waals surface area contributed by atoms with Crippen LogP contribution in [0.25, 0.3) is 16.6 Å². The van der Waals surface area contributed by atoms with Gasteiger partial charge in [-0.05, 0) is 37.1 Å². The summed E-state index contributed by atoms with van der Waals surface area (Å²) in [5.74, 6) is 3.99. The first-order chi connectivity index (χ1) is 15.6. The molecule has 1 aliphatic rings. The first-order valence-corrected chi connectivity index (χ1v) is 11.3. The van der Waals surface area contributed by atoms with Crippen molar-refractivity contribution in [3.05, 3.63) is 47.8 Å². The molecule has 2 aromatic heterocycles. The zero-order chi connectivity index (χ0) is 22.2. The maximum absolute atomic E-state index is 5.57. The molecule has 1 fully saturated rings. The van der Waals surface area contributed by atoms with E-state index in [9.17, 15) is 0 Å². The number of aromatic nitrogens is 4. The number of hydrogen-bond acceptors (Lipinski definition) is 7. The standard InChI is InChI=1S/C23H24BrN5O3/c1-30-16-8-7-13(19(11-16)32-3)12-25-23-26-20-17(5-4-6-18(20)31-2)22-27-21(28-29(22)23)14-9-15(24)10-14/h4-8,11,14-15H,9-10,12H2,1-3H3,(H,25,26). The number of rotatable bonds is 7. The Morgan fingerprint density at radius 1 is 1.03 bits per heavy atom. The van der Waals surface area contributed by atoms with E-state index in [0.717, 1.165) is 52.3 Å².